The van der Waals surface area contributed by atoms with Crippen LogP contribution in [0.2, 0.25) is 10.0 Å². The Morgan fingerprint density at radius 2 is 1.51 bits per heavy atom. The summed E-state index contributed by atoms with van der Waals surface area (Å²) in [6.07, 6.45) is 4.48. The lowest BCUT2D eigenvalue weighted by Crippen LogP contribution is -2.47. The maximum atomic E-state index is 15.7. The van der Waals surface area contributed by atoms with E-state index in [0.717, 1.165) is 49.4 Å². The number of aromatic carboxylic acids is 1. The molecule has 0 aliphatic carbocycles. The maximum absolute atomic E-state index is 15.7. The van der Waals surface area contributed by atoms with Crippen molar-refractivity contribution in [1.29, 1.82) is 0 Å². The SMILES string of the molecule is O=C(O)c1cn(-c2ccc(CN3CCCCC3)cc2F)c2c(Cl)c(N3CCN(c4ccc(Cl)cc4)CC3)c(F)cc2c1=O. The molecule has 2 saturated heterocycles. The van der Waals surface area contributed by atoms with Crippen LogP contribution in [0, 0.1) is 11.6 Å². The van der Waals surface area contributed by atoms with E-state index in [4.69, 9.17) is 23.2 Å². The van der Waals surface area contributed by atoms with E-state index in [-0.39, 0.29) is 27.3 Å². The second-order valence-electron chi connectivity index (χ2n) is 11.0. The molecule has 0 spiro atoms. The Morgan fingerprint density at radius 3 is 2.16 bits per heavy atom. The molecule has 3 aromatic carbocycles. The third kappa shape index (κ3) is 5.81. The van der Waals surface area contributed by atoms with E-state index in [1.807, 2.05) is 24.3 Å². The first-order chi connectivity index (χ1) is 20.7. The van der Waals surface area contributed by atoms with Gasteiger partial charge in [0, 0.05) is 49.6 Å². The number of aromatic nitrogens is 1. The number of likely N-dealkylation sites (tertiary alicyclic amines) is 1. The third-order valence-corrected chi connectivity index (χ3v) is 8.91. The minimum atomic E-state index is -1.50. The molecule has 43 heavy (non-hydrogen) atoms. The first-order valence-corrected chi connectivity index (χ1v) is 15.0. The lowest BCUT2D eigenvalue weighted by Gasteiger charge is -2.38. The number of halogens is 4. The zero-order chi connectivity index (χ0) is 30.2. The highest BCUT2D eigenvalue weighted by Crippen LogP contribution is 2.38. The molecule has 224 valence electrons. The van der Waals surface area contributed by atoms with Gasteiger partial charge in [0.15, 0.2) is 0 Å². The summed E-state index contributed by atoms with van der Waals surface area (Å²) >= 11 is 12.9. The Bertz CT molecular complexity index is 1750. The third-order valence-electron chi connectivity index (χ3n) is 8.30. The highest BCUT2D eigenvalue weighted by Gasteiger charge is 2.27. The number of piperazine rings is 1. The standard InChI is InChI=1S/C32H30Cl2F2N4O3/c33-21-5-7-22(8-6-21)38-12-14-39(15-13-38)30-26(36)17-23-29(28(30)34)40(19-24(31(23)41)32(42)43)27-9-4-20(16-25(27)35)18-37-10-2-1-3-11-37/h4-9,16-17,19H,1-3,10-15,18H2,(H,42,43). The van der Waals surface area contributed by atoms with Crippen LogP contribution in [0.4, 0.5) is 20.2 Å². The zero-order valence-electron chi connectivity index (χ0n) is 23.3. The van der Waals surface area contributed by atoms with Crippen LogP contribution in [0.5, 0.6) is 0 Å². The minimum Gasteiger partial charge on any atom is -0.477 e. The molecule has 0 unspecified atom stereocenters. The number of anilines is 2. The first kappa shape index (κ1) is 29.4. The van der Waals surface area contributed by atoms with Crippen LogP contribution in [0.25, 0.3) is 16.6 Å². The molecule has 1 N–H and O–H groups in total. The van der Waals surface area contributed by atoms with Gasteiger partial charge in [-0.2, -0.15) is 0 Å². The largest absolute Gasteiger partial charge is 0.477 e. The van der Waals surface area contributed by atoms with Crippen molar-refractivity contribution in [1.82, 2.24) is 9.47 Å². The second kappa shape index (κ2) is 12.1. The molecule has 2 aliphatic heterocycles. The van der Waals surface area contributed by atoms with Gasteiger partial charge >= 0.3 is 5.97 Å². The fraction of sp³-hybridized carbons (Fsp3) is 0.312. The van der Waals surface area contributed by atoms with Gasteiger partial charge in [-0.3, -0.25) is 9.69 Å². The molecule has 11 heteroatoms. The van der Waals surface area contributed by atoms with Crippen molar-refractivity contribution in [3.05, 3.63) is 97.8 Å². The normalized spacial score (nSPS) is 16.2. The van der Waals surface area contributed by atoms with Crippen LogP contribution in [0.1, 0.15) is 35.2 Å². The molecule has 0 amide bonds. The molecule has 3 heterocycles. The van der Waals surface area contributed by atoms with E-state index >= 15 is 8.78 Å². The summed E-state index contributed by atoms with van der Waals surface area (Å²) < 4.78 is 32.7. The van der Waals surface area contributed by atoms with Gasteiger partial charge < -0.3 is 19.5 Å². The van der Waals surface area contributed by atoms with Crippen LogP contribution < -0.4 is 15.2 Å². The molecule has 0 atom stereocenters. The van der Waals surface area contributed by atoms with Crippen molar-refractivity contribution in [2.24, 2.45) is 0 Å². The topological polar surface area (TPSA) is 69.0 Å². The minimum absolute atomic E-state index is 0.0157. The molecule has 4 aromatic rings. The monoisotopic (exact) mass is 626 g/mol. The van der Waals surface area contributed by atoms with Gasteiger partial charge in [-0.15, -0.1) is 0 Å². The summed E-state index contributed by atoms with van der Waals surface area (Å²) in [6.45, 7) is 4.52. The lowest BCUT2D eigenvalue weighted by molar-refractivity contribution is 0.0695. The van der Waals surface area contributed by atoms with Crippen molar-refractivity contribution < 1.29 is 18.7 Å². The first-order valence-electron chi connectivity index (χ1n) is 14.3. The highest BCUT2D eigenvalue weighted by molar-refractivity contribution is 6.38. The number of hydrogen-bond acceptors (Lipinski definition) is 5. The molecule has 7 nitrogen and oxygen atoms in total. The molecular formula is C32H30Cl2F2N4O3. The van der Waals surface area contributed by atoms with E-state index < -0.39 is 28.6 Å². The number of fused-ring (bicyclic) bond motifs is 1. The van der Waals surface area contributed by atoms with Crippen molar-refractivity contribution in [2.75, 3.05) is 49.1 Å². The van der Waals surface area contributed by atoms with Crippen LogP contribution in [-0.2, 0) is 6.54 Å². The van der Waals surface area contributed by atoms with Crippen LogP contribution in [-0.4, -0.2) is 59.8 Å². The van der Waals surface area contributed by atoms with Gasteiger partial charge in [0.05, 0.1) is 27.3 Å². The molecule has 6 rings (SSSR count). The molecular weight excluding hydrogens is 597 g/mol. The molecule has 0 bridgehead atoms. The van der Waals surface area contributed by atoms with E-state index in [1.165, 1.54) is 17.1 Å². The number of carbonyl (C=O) groups is 1. The summed E-state index contributed by atoms with van der Waals surface area (Å²) in [6, 6.07) is 13.2. The summed E-state index contributed by atoms with van der Waals surface area (Å²) in [5.41, 5.74) is 0.428. The Labute approximate surface area is 257 Å². The van der Waals surface area contributed by atoms with E-state index in [0.29, 0.717) is 37.7 Å². The number of piperidine rings is 1. The van der Waals surface area contributed by atoms with E-state index in [1.54, 1.807) is 17.0 Å². The Morgan fingerprint density at radius 1 is 0.837 bits per heavy atom. The van der Waals surface area contributed by atoms with Gasteiger partial charge in [-0.1, -0.05) is 35.7 Å². The maximum Gasteiger partial charge on any atom is 0.341 e. The Balaban J connectivity index is 1.40. The molecule has 0 saturated carbocycles. The summed E-state index contributed by atoms with van der Waals surface area (Å²) in [7, 11) is 0. The summed E-state index contributed by atoms with van der Waals surface area (Å²) in [5.74, 6) is -2.85. The lowest BCUT2D eigenvalue weighted by atomic mass is 10.1. The van der Waals surface area contributed by atoms with Crippen molar-refractivity contribution in [2.45, 2.75) is 25.8 Å². The quantitative estimate of drug-likeness (QED) is 0.260. The predicted octanol–water partition coefficient (Wildman–Crippen LogP) is 6.59. The fourth-order valence-electron chi connectivity index (χ4n) is 6.10. The Hall–Kier alpha value is -3.66. The number of carboxylic acid groups (broad SMARTS) is 1. The number of rotatable bonds is 6. The number of benzene rings is 3. The van der Waals surface area contributed by atoms with Crippen molar-refractivity contribution in [3.63, 3.8) is 0 Å². The van der Waals surface area contributed by atoms with Gasteiger partial charge in [0.25, 0.3) is 0 Å². The van der Waals surface area contributed by atoms with E-state index in [2.05, 4.69) is 9.80 Å². The van der Waals surface area contributed by atoms with Gasteiger partial charge in [-0.25, -0.2) is 13.6 Å². The fourth-order valence-corrected chi connectivity index (χ4v) is 6.63. The second-order valence-corrected chi connectivity index (χ2v) is 11.9. The van der Waals surface area contributed by atoms with Gasteiger partial charge in [-0.05, 0) is 74.0 Å². The number of pyridine rings is 1. The molecule has 2 aliphatic rings. The van der Waals surface area contributed by atoms with Crippen molar-refractivity contribution in [3.8, 4) is 5.69 Å². The van der Waals surface area contributed by atoms with Gasteiger partial charge in [0.2, 0.25) is 5.43 Å². The van der Waals surface area contributed by atoms with Crippen molar-refractivity contribution >= 4 is 51.4 Å². The Kier molecular flexibility index (Phi) is 8.31. The number of hydrogen-bond donors (Lipinski definition) is 1. The van der Waals surface area contributed by atoms with Crippen LogP contribution >= 0.6 is 23.2 Å². The zero-order valence-corrected chi connectivity index (χ0v) is 24.8. The molecule has 0 radical (unpaired) electrons. The molecule has 2 fully saturated rings. The number of carboxylic acids is 1. The van der Waals surface area contributed by atoms with Crippen LogP contribution in [0.15, 0.2) is 59.5 Å². The van der Waals surface area contributed by atoms with E-state index in [9.17, 15) is 14.7 Å². The number of nitrogens with zero attached hydrogens (tertiary/aromatic N) is 4. The summed E-state index contributed by atoms with van der Waals surface area (Å²) in [4.78, 5) is 31.4. The average Bonchev–Trinajstić information content (AvgIpc) is 2.99. The average molecular weight is 628 g/mol. The molecule has 1 aromatic heterocycles. The van der Waals surface area contributed by atoms with Crippen LogP contribution in [0.3, 0.4) is 0 Å². The highest BCUT2D eigenvalue weighted by atomic mass is 35.5. The smallest absolute Gasteiger partial charge is 0.341 e. The summed E-state index contributed by atoms with van der Waals surface area (Å²) in [5, 5.41) is 10.1. The van der Waals surface area contributed by atoms with Gasteiger partial charge in [0.1, 0.15) is 17.2 Å². The predicted molar refractivity (Wildman–Crippen MR) is 166 cm³/mol.